The number of H-pyrrole nitrogens is 1. The molecule has 1 aromatic heterocycles. The van der Waals surface area contributed by atoms with Crippen molar-refractivity contribution in [3.05, 3.63) is 69.4 Å². The van der Waals surface area contributed by atoms with Crippen LogP contribution in [0.2, 0.25) is 0 Å². The molecule has 1 fully saturated rings. The maximum atomic E-state index is 13.1. The van der Waals surface area contributed by atoms with Crippen LogP contribution in [0.25, 0.3) is 0 Å². The van der Waals surface area contributed by atoms with Crippen molar-refractivity contribution in [2.24, 2.45) is 11.7 Å². The third kappa shape index (κ3) is 4.16. The van der Waals surface area contributed by atoms with Crippen LogP contribution in [-0.4, -0.2) is 35.9 Å². The molecule has 2 unspecified atom stereocenters. The van der Waals surface area contributed by atoms with Crippen molar-refractivity contribution < 1.29 is 9.18 Å². The molecule has 2 atom stereocenters. The van der Waals surface area contributed by atoms with Crippen LogP contribution >= 0.6 is 0 Å². The number of carbonyl (C=O) groups excluding carboxylic acids is 1. The normalized spacial score (nSPS) is 19.8. The number of nitrogens with zero attached hydrogens (tertiary/aromatic N) is 1. The van der Waals surface area contributed by atoms with Gasteiger partial charge in [0.25, 0.3) is 11.5 Å². The number of hydrazine groups is 1. The van der Waals surface area contributed by atoms with E-state index in [0.29, 0.717) is 12.2 Å². The minimum Gasteiger partial charge on any atom is -0.365 e. The van der Waals surface area contributed by atoms with Crippen LogP contribution in [0, 0.1) is 11.7 Å². The number of benzene rings is 1. The van der Waals surface area contributed by atoms with Gasteiger partial charge in [0, 0.05) is 31.2 Å². The fourth-order valence-corrected chi connectivity index (χ4v) is 3.29. The first kappa shape index (κ1) is 18.2. The zero-order valence-electron chi connectivity index (χ0n) is 14.5. The van der Waals surface area contributed by atoms with Gasteiger partial charge in [0.1, 0.15) is 11.4 Å². The van der Waals surface area contributed by atoms with Crippen LogP contribution in [0.1, 0.15) is 27.7 Å². The Morgan fingerprint density at radius 1 is 1.27 bits per heavy atom. The minimum absolute atomic E-state index is 0.0445. The van der Waals surface area contributed by atoms with E-state index in [0.717, 1.165) is 18.7 Å². The molecular formula is C18H22FN5O2. The highest BCUT2D eigenvalue weighted by molar-refractivity contribution is 5.92. The van der Waals surface area contributed by atoms with Crippen LogP contribution in [-0.2, 0) is 6.54 Å². The lowest BCUT2D eigenvalue weighted by Gasteiger charge is -2.24. The number of hydrogen-bond acceptors (Lipinski definition) is 5. The van der Waals surface area contributed by atoms with Crippen LogP contribution in [0.5, 0.6) is 0 Å². The topological polar surface area (TPSA) is 103 Å². The van der Waals surface area contributed by atoms with Crippen molar-refractivity contribution in [2.75, 3.05) is 20.1 Å². The highest BCUT2D eigenvalue weighted by atomic mass is 19.1. The Hall–Kier alpha value is -2.55. The number of aromatic amines is 1. The van der Waals surface area contributed by atoms with Gasteiger partial charge >= 0.3 is 0 Å². The van der Waals surface area contributed by atoms with Gasteiger partial charge in [0.15, 0.2) is 0 Å². The molecule has 8 heteroatoms. The Bertz CT molecular complexity index is 836. The molecule has 138 valence electrons. The predicted octanol–water partition coefficient (Wildman–Crippen LogP) is 0.510. The second-order valence-electron chi connectivity index (χ2n) is 6.60. The quantitative estimate of drug-likeness (QED) is 0.602. The lowest BCUT2D eigenvalue weighted by atomic mass is 9.94. The lowest BCUT2D eigenvalue weighted by Crippen LogP contribution is -2.31. The van der Waals surface area contributed by atoms with Gasteiger partial charge in [-0.1, -0.05) is 12.1 Å². The highest BCUT2D eigenvalue weighted by Gasteiger charge is 2.29. The Morgan fingerprint density at radius 3 is 2.65 bits per heavy atom. The van der Waals surface area contributed by atoms with Crippen LogP contribution < -0.4 is 22.1 Å². The summed E-state index contributed by atoms with van der Waals surface area (Å²) in [5.74, 6) is -0.713. The van der Waals surface area contributed by atoms with E-state index in [4.69, 9.17) is 5.73 Å². The molecular weight excluding hydrogens is 337 g/mol. The molecule has 7 nitrogen and oxygen atoms in total. The van der Waals surface area contributed by atoms with Gasteiger partial charge in [-0.2, -0.15) is 0 Å². The molecule has 0 spiro atoms. The van der Waals surface area contributed by atoms with E-state index >= 15 is 0 Å². The molecule has 26 heavy (non-hydrogen) atoms. The van der Waals surface area contributed by atoms with Crippen molar-refractivity contribution in [2.45, 2.75) is 12.6 Å². The molecule has 0 saturated carbocycles. The average Bonchev–Trinajstić information content (AvgIpc) is 3.03. The summed E-state index contributed by atoms with van der Waals surface area (Å²) in [6.45, 7) is 2.08. The fourth-order valence-electron chi connectivity index (χ4n) is 3.29. The van der Waals surface area contributed by atoms with Gasteiger partial charge in [0.05, 0.1) is 6.04 Å². The van der Waals surface area contributed by atoms with Crippen molar-refractivity contribution in [1.29, 1.82) is 0 Å². The molecule has 3 rings (SSSR count). The predicted molar refractivity (Wildman–Crippen MR) is 95.7 cm³/mol. The first-order valence-corrected chi connectivity index (χ1v) is 8.38. The fraction of sp³-hybridized carbons (Fsp3) is 0.333. The number of primary amides is 1. The molecule has 0 bridgehead atoms. The van der Waals surface area contributed by atoms with Gasteiger partial charge in [-0.05, 0) is 36.9 Å². The summed E-state index contributed by atoms with van der Waals surface area (Å²) in [6.07, 6.45) is 0. The van der Waals surface area contributed by atoms with Crippen molar-refractivity contribution in [3.8, 4) is 0 Å². The third-order valence-corrected chi connectivity index (χ3v) is 4.54. The third-order valence-electron chi connectivity index (χ3n) is 4.54. The second-order valence-corrected chi connectivity index (χ2v) is 6.60. The van der Waals surface area contributed by atoms with Crippen molar-refractivity contribution >= 4 is 5.91 Å². The number of amides is 1. The molecule has 2 heterocycles. The van der Waals surface area contributed by atoms with Crippen molar-refractivity contribution in [3.63, 3.8) is 0 Å². The summed E-state index contributed by atoms with van der Waals surface area (Å²) >= 11 is 0. The van der Waals surface area contributed by atoms with Crippen LogP contribution in [0.15, 0.2) is 41.2 Å². The SMILES string of the molecule is CN(Cc1ccc(C(N)=O)c(=O)[nH]1)CC1CNNC1c1ccc(F)cc1. The summed E-state index contributed by atoms with van der Waals surface area (Å²) < 4.78 is 13.1. The van der Waals surface area contributed by atoms with E-state index in [-0.39, 0.29) is 23.3 Å². The standard InChI is InChI=1S/C18H22FN5O2/c1-24(10-14-6-7-15(17(20)25)18(26)22-14)9-12-8-21-23-16(12)11-2-4-13(19)5-3-11/h2-7,12,16,21,23H,8-10H2,1H3,(H2,20,25)(H,22,26). The number of rotatable bonds is 6. The number of halogens is 1. The van der Waals surface area contributed by atoms with E-state index in [1.165, 1.54) is 18.2 Å². The highest BCUT2D eigenvalue weighted by Crippen LogP contribution is 2.25. The molecule has 0 aliphatic carbocycles. The molecule has 1 saturated heterocycles. The number of pyridine rings is 1. The summed E-state index contributed by atoms with van der Waals surface area (Å²) in [6, 6.07) is 9.71. The second kappa shape index (κ2) is 7.77. The molecule has 2 aromatic rings. The van der Waals surface area contributed by atoms with E-state index in [2.05, 4.69) is 20.7 Å². The average molecular weight is 359 g/mol. The number of nitrogens with one attached hydrogen (secondary N) is 3. The smallest absolute Gasteiger partial charge is 0.261 e. The van der Waals surface area contributed by atoms with Gasteiger partial charge < -0.3 is 15.6 Å². The van der Waals surface area contributed by atoms with E-state index < -0.39 is 11.5 Å². The Labute approximate surface area is 150 Å². The molecule has 5 N–H and O–H groups in total. The van der Waals surface area contributed by atoms with E-state index in [1.54, 1.807) is 18.2 Å². The number of carbonyl (C=O) groups is 1. The Morgan fingerprint density at radius 2 is 2.00 bits per heavy atom. The van der Waals surface area contributed by atoms with Crippen LogP contribution in [0.3, 0.4) is 0 Å². The zero-order chi connectivity index (χ0) is 18.7. The van der Waals surface area contributed by atoms with Gasteiger partial charge in [0.2, 0.25) is 0 Å². The molecule has 1 amide bonds. The van der Waals surface area contributed by atoms with E-state index in [1.807, 2.05) is 7.05 Å². The van der Waals surface area contributed by atoms with Gasteiger partial charge in [-0.3, -0.25) is 15.0 Å². The molecule has 1 aliphatic heterocycles. The van der Waals surface area contributed by atoms with Gasteiger partial charge in [-0.15, -0.1) is 0 Å². The summed E-state index contributed by atoms with van der Waals surface area (Å²) in [7, 11) is 1.96. The largest absolute Gasteiger partial charge is 0.365 e. The first-order valence-electron chi connectivity index (χ1n) is 8.38. The molecule has 1 aliphatic rings. The number of hydrogen-bond donors (Lipinski definition) is 4. The maximum absolute atomic E-state index is 13.1. The van der Waals surface area contributed by atoms with Gasteiger partial charge in [-0.25, -0.2) is 9.82 Å². The first-order chi connectivity index (χ1) is 12.4. The summed E-state index contributed by atoms with van der Waals surface area (Å²) in [5, 5.41) is 0. The Kier molecular flexibility index (Phi) is 5.46. The minimum atomic E-state index is -0.739. The summed E-state index contributed by atoms with van der Waals surface area (Å²) in [4.78, 5) is 27.8. The van der Waals surface area contributed by atoms with Crippen molar-refractivity contribution in [1.82, 2.24) is 20.7 Å². The number of nitrogens with two attached hydrogens (primary N) is 1. The molecule has 0 radical (unpaired) electrons. The van der Waals surface area contributed by atoms with Crippen LogP contribution in [0.4, 0.5) is 4.39 Å². The zero-order valence-corrected chi connectivity index (χ0v) is 14.5. The maximum Gasteiger partial charge on any atom is 0.261 e. The monoisotopic (exact) mass is 359 g/mol. The Balaban J connectivity index is 1.64. The summed E-state index contributed by atoms with van der Waals surface area (Å²) in [5.41, 5.74) is 12.7. The van der Waals surface area contributed by atoms with E-state index in [9.17, 15) is 14.0 Å². The molecule has 1 aromatic carbocycles. The number of aromatic nitrogens is 1. The lowest BCUT2D eigenvalue weighted by molar-refractivity contribution is 0.0999.